The van der Waals surface area contributed by atoms with Gasteiger partial charge in [0.1, 0.15) is 6.10 Å². The van der Waals surface area contributed by atoms with E-state index in [1.54, 1.807) is 11.6 Å². The van der Waals surface area contributed by atoms with Gasteiger partial charge >= 0.3 is 5.69 Å². The van der Waals surface area contributed by atoms with Crippen molar-refractivity contribution in [2.75, 3.05) is 6.61 Å². The van der Waals surface area contributed by atoms with E-state index in [-0.39, 0.29) is 17.4 Å². The molecule has 0 spiro atoms. The number of benzene rings is 2. The summed E-state index contributed by atoms with van der Waals surface area (Å²) in [4.78, 5) is 26.1. The lowest BCUT2D eigenvalue weighted by atomic mass is 10.1. The molecule has 31 heavy (non-hydrogen) atoms. The summed E-state index contributed by atoms with van der Waals surface area (Å²) in [5.41, 5.74) is 3.68. The van der Waals surface area contributed by atoms with Gasteiger partial charge in [-0.05, 0) is 17.2 Å². The van der Waals surface area contributed by atoms with Gasteiger partial charge in [0.15, 0.2) is 0 Å². The molecule has 2 aromatic carbocycles. The lowest BCUT2D eigenvalue weighted by Crippen LogP contribution is -2.37. The van der Waals surface area contributed by atoms with Crippen LogP contribution in [0.25, 0.3) is 28.2 Å². The fourth-order valence-electron chi connectivity index (χ4n) is 4.42. The van der Waals surface area contributed by atoms with E-state index < -0.39 is 0 Å². The van der Waals surface area contributed by atoms with Crippen molar-refractivity contribution in [2.24, 2.45) is 14.1 Å². The van der Waals surface area contributed by atoms with Crippen molar-refractivity contribution in [2.45, 2.75) is 12.6 Å². The molecular formula is C25H23N3O3. The molecular weight excluding hydrogens is 390 g/mol. The van der Waals surface area contributed by atoms with Gasteiger partial charge in [-0.15, -0.1) is 0 Å². The fraction of sp³-hybridized carbons (Fsp3) is 0.200. The van der Waals surface area contributed by atoms with E-state index in [1.165, 1.54) is 11.6 Å². The molecule has 156 valence electrons. The van der Waals surface area contributed by atoms with Crippen molar-refractivity contribution in [1.29, 1.82) is 0 Å². The zero-order valence-corrected chi connectivity index (χ0v) is 17.5. The van der Waals surface area contributed by atoms with Gasteiger partial charge in [0.05, 0.1) is 28.9 Å². The summed E-state index contributed by atoms with van der Waals surface area (Å²) in [6.07, 6.45) is 3.64. The van der Waals surface area contributed by atoms with Gasteiger partial charge in [0.25, 0.3) is 5.56 Å². The van der Waals surface area contributed by atoms with Crippen LogP contribution in [0.5, 0.6) is 0 Å². The minimum atomic E-state index is -0.369. The third kappa shape index (κ3) is 3.07. The van der Waals surface area contributed by atoms with Crippen LogP contribution in [0.4, 0.5) is 0 Å². The average Bonchev–Trinajstić information content (AvgIpc) is 3.17. The molecule has 6 nitrogen and oxygen atoms in total. The molecule has 1 unspecified atom stereocenters. The van der Waals surface area contributed by atoms with Crippen LogP contribution in [0.15, 0.2) is 76.3 Å². The van der Waals surface area contributed by atoms with Crippen molar-refractivity contribution in [3.8, 4) is 11.3 Å². The van der Waals surface area contributed by atoms with E-state index >= 15 is 0 Å². The van der Waals surface area contributed by atoms with Crippen molar-refractivity contribution >= 4 is 17.0 Å². The Bertz CT molecular complexity index is 1410. The molecule has 0 bridgehead atoms. The van der Waals surface area contributed by atoms with E-state index in [9.17, 15) is 9.59 Å². The number of aryl methyl sites for hydroxylation is 1. The van der Waals surface area contributed by atoms with E-state index in [2.05, 4.69) is 4.57 Å². The number of nitrogens with zero attached hydrogens (tertiary/aromatic N) is 3. The summed E-state index contributed by atoms with van der Waals surface area (Å²) in [5.74, 6) is 0. The predicted octanol–water partition coefficient (Wildman–Crippen LogP) is 3.49. The molecule has 1 aliphatic rings. The Kier molecular flexibility index (Phi) is 4.71. The van der Waals surface area contributed by atoms with Crippen molar-refractivity contribution < 1.29 is 4.74 Å². The molecule has 5 rings (SSSR count). The Labute approximate surface area is 179 Å². The van der Waals surface area contributed by atoms with Crippen molar-refractivity contribution in [3.63, 3.8) is 0 Å². The molecule has 0 amide bonds. The van der Waals surface area contributed by atoms with E-state index in [0.29, 0.717) is 24.1 Å². The maximum absolute atomic E-state index is 13.3. The number of hydrogen-bond donors (Lipinski definition) is 0. The Morgan fingerprint density at radius 1 is 0.935 bits per heavy atom. The predicted molar refractivity (Wildman–Crippen MR) is 122 cm³/mol. The number of fused-ring (bicyclic) bond motifs is 3. The van der Waals surface area contributed by atoms with Crippen LogP contribution in [0.2, 0.25) is 0 Å². The summed E-state index contributed by atoms with van der Waals surface area (Å²) >= 11 is 0. The molecule has 0 N–H and O–H groups in total. The van der Waals surface area contributed by atoms with Gasteiger partial charge in [-0.3, -0.25) is 13.9 Å². The third-order valence-corrected chi connectivity index (χ3v) is 5.90. The van der Waals surface area contributed by atoms with Gasteiger partial charge in [-0.1, -0.05) is 66.7 Å². The van der Waals surface area contributed by atoms with Gasteiger partial charge < -0.3 is 9.30 Å². The van der Waals surface area contributed by atoms with Crippen LogP contribution in [0.1, 0.15) is 17.4 Å². The second-order valence-corrected chi connectivity index (χ2v) is 7.74. The van der Waals surface area contributed by atoms with Crippen LogP contribution in [0.3, 0.4) is 0 Å². The quantitative estimate of drug-likeness (QED) is 0.517. The highest BCUT2D eigenvalue weighted by Crippen LogP contribution is 2.38. The SMILES string of the molecule is Cn1c(=O)c2c(-c3ccccc3)n3c(c2n(C)c1=O)C(C=Cc1ccccc1)OCC3. The topological polar surface area (TPSA) is 58.2 Å². The number of rotatable bonds is 3. The lowest BCUT2D eigenvalue weighted by molar-refractivity contribution is 0.0532. The molecule has 0 aliphatic carbocycles. The molecule has 2 aromatic heterocycles. The summed E-state index contributed by atoms with van der Waals surface area (Å²) in [6, 6.07) is 19.9. The van der Waals surface area contributed by atoms with E-state index in [1.807, 2.05) is 72.8 Å². The first-order valence-corrected chi connectivity index (χ1v) is 10.3. The van der Waals surface area contributed by atoms with Crippen LogP contribution < -0.4 is 11.2 Å². The molecule has 0 saturated carbocycles. The summed E-state index contributed by atoms with van der Waals surface area (Å²) in [5, 5.41) is 0.550. The number of hydrogen-bond acceptors (Lipinski definition) is 3. The largest absolute Gasteiger partial charge is 0.366 e. The highest BCUT2D eigenvalue weighted by Gasteiger charge is 2.30. The standard InChI is InChI=1S/C25H23N3O3/c1-26-23-20(24(29)27(2)25(26)30)21(18-11-7-4-8-12-18)28-15-16-31-19(22(23)28)14-13-17-9-5-3-6-10-17/h3-14,19H,15-16H2,1-2H3. The second kappa shape index (κ2) is 7.56. The minimum Gasteiger partial charge on any atom is -0.366 e. The molecule has 3 heterocycles. The Balaban J connectivity index is 1.83. The fourth-order valence-corrected chi connectivity index (χ4v) is 4.42. The Morgan fingerprint density at radius 3 is 2.32 bits per heavy atom. The normalized spacial score (nSPS) is 16.1. The van der Waals surface area contributed by atoms with Crippen LogP contribution in [-0.4, -0.2) is 20.3 Å². The lowest BCUT2D eigenvalue weighted by Gasteiger charge is -2.25. The molecule has 6 heteroatoms. The highest BCUT2D eigenvalue weighted by molar-refractivity contribution is 5.96. The molecule has 1 aliphatic heterocycles. The average molecular weight is 413 g/mol. The zero-order chi connectivity index (χ0) is 21.5. The monoisotopic (exact) mass is 413 g/mol. The van der Waals surface area contributed by atoms with Crippen molar-refractivity contribution in [3.05, 3.63) is 98.8 Å². The van der Waals surface area contributed by atoms with Gasteiger partial charge in [-0.25, -0.2) is 4.79 Å². The van der Waals surface area contributed by atoms with Gasteiger partial charge in [0, 0.05) is 20.6 Å². The second-order valence-electron chi connectivity index (χ2n) is 7.74. The van der Waals surface area contributed by atoms with Gasteiger partial charge in [-0.2, -0.15) is 0 Å². The van der Waals surface area contributed by atoms with E-state index in [4.69, 9.17) is 4.74 Å². The molecule has 1 atom stereocenters. The first-order chi connectivity index (χ1) is 15.1. The minimum absolute atomic E-state index is 0.287. The van der Waals surface area contributed by atoms with Crippen LogP contribution >= 0.6 is 0 Å². The summed E-state index contributed by atoms with van der Waals surface area (Å²) < 4.78 is 11.0. The smallest absolute Gasteiger partial charge is 0.331 e. The van der Waals surface area contributed by atoms with Crippen molar-refractivity contribution in [1.82, 2.24) is 13.7 Å². The molecule has 0 fully saturated rings. The maximum Gasteiger partial charge on any atom is 0.331 e. The molecule has 4 aromatic rings. The first kappa shape index (κ1) is 19.3. The highest BCUT2D eigenvalue weighted by atomic mass is 16.5. The van der Waals surface area contributed by atoms with E-state index in [0.717, 1.165) is 22.5 Å². The Hall–Kier alpha value is -3.64. The third-order valence-electron chi connectivity index (χ3n) is 5.90. The zero-order valence-electron chi connectivity index (χ0n) is 17.5. The maximum atomic E-state index is 13.3. The first-order valence-electron chi connectivity index (χ1n) is 10.3. The number of aromatic nitrogens is 3. The van der Waals surface area contributed by atoms with Crippen LogP contribution in [-0.2, 0) is 25.4 Å². The summed E-state index contributed by atoms with van der Waals surface area (Å²) in [6.45, 7) is 1.13. The Morgan fingerprint density at radius 2 is 1.61 bits per heavy atom. The summed E-state index contributed by atoms with van der Waals surface area (Å²) in [7, 11) is 3.24. The molecule has 0 saturated heterocycles. The number of ether oxygens (including phenoxy) is 1. The molecule has 0 radical (unpaired) electrons. The van der Waals surface area contributed by atoms with Crippen LogP contribution in [0, 0.1) is 0 Å². The van der Waals surface area contributed by atoms with Gasteiger partial charge in [0.2, 0.25) is 0 Å².